The van der Waals surface area contributed by atoms with Gasteiger partial charge in [0.25, 0.3) is 0 Å². The first-order chi connectivity index (χ1) is 21.3. The second kappa shape index (κ2) is 10.1. The Morgan fingerprint density at radius 1 is 0.750 bits per heavy atom. The van der Waals surface area contributed by atoms with Gasteiger partial charge in [-0.2, -0.15) is 0 Å². The Balaban J connectivity index is 1.41. The molecule has 0 amide bonds. The number of methoxy groups -OCH3 is 2. The molecule has 0 aliphatic carbocycles. The van der Waals surface area contributed by atoms with Crippen molar-refractivity contribution in [2.75, 3.05) is 41.4 Å². The molecule has 0 fully saturated rings. The van der Waals surface area contributed by atoms with E-state index in [1.165, 1.54) is 11.1 Å². The van der Waals surface area contributed by atoms with E-state index < -0.39 is 0 Å². The van der Waals surface area contributed by atoms with E-state index in [1.807, 2.05) is 12.1 Å². The summed E-state index contributed by atoms with van der Waals surface area (Å²) in [6.07, 6.45) is 2.95. The lowest BCUT2D eigenvalue weighted by atomic mass is 9.85. The molecule has 8 nitrogen and oxygen atoms in total. The third kappa shape index (κ3) is 4.04. The van der Waals surface area contributed by atoms with Gasteiger partial charge in [-0.15, -0.1) is 0 Å². The molecule has 4 aliphatic heterocycles. The molecule has 4 aliphatic rings. The van der Waals surface area contributed by atoms with Gasteiger partial charge in [0, 0.05) is 47.4 Å². The molecule has 0 saturated carbocycles. The Labute approximate surface area is 257 Å². The standard InChI is InChI=1S/C36H36N2O6/c1-37-11-9-21-17-30-31-18-23(21)26(37)15-19-5-7-28(39)24(13-19)25-14-20(6-8-29(25)41-3)16-27-32-22(10-12-38(27)2)33(40)35(42-4)36(44-30)34(32)43-31/h5-8,13-14,17-18,26-27,39-40H,9-12,15-16H2,1-4H3/t26-,27-/m0/s1. The zero-order valence-electron chi connectivity index (χ0n) is 25.4. The van der Waals surface area contributed by atoms with Gasteiger partial charge >= 0.3 is 0 Å². The lowest BCUT2D eigenvalue weighted by Gasteiger charge is -2.39. The Bertz CT molecular complexity index is 1830. The largest absolute Gasteiger partial charge is 0.507 e. The quantitative estimate of drug-likeness (QED) is 0.239. The fraction of sp³-hybridized carbons (Fsp3) is 0.333. The molecule has 7 bridgehead atoms. The highest BCUT2D eigenvalue weighted by molar-refractivity contribution is 5.77. The minimum absolute atomic E-state index is 0.106. The van der Waals surface area contributed by atoms with Crippen LogP contribution in [0.2, 0.25) is 0 Å². The average molecular weight is 593 g/mol. The summed E-state index contributed by atoms with van der Waals surface area (Å²) in [4.78, 5) is 4.69. The molecule has 4 heterocycles. The molecule has 4 aromatic rings. The van der Waals surface area contributed by atoms with Crippen LogP contribution >= 0.6 is 0 Å². The summed E-state index contributed by atoms with van der Waals surface area (Å²) in [5.41, 5.74) is 7.96. The van der Waals surface area contributed by atoms with Gasteiger partial charge in [-0.3, -0.25) is 9.80 Å². The van der Waals surface area contributed by atoms with E-state index in [0.29, 0.717) is 47.3 Å². The predicted molar refractivity (Wildman–Crippen MR) is 167 cm³/mol. The maximum Gasteiger partial charge on any atom is 0.216 e. The molecule has 2 atom stereocenters. The van der Waals surface area contributed by atoms with Gasteiger partial charge in [-0.1, -0.05) is 12.1 Å². The van der Waals surface area contributed by atoms with E-state index in [4.69, 9.17) is 18.9 Å². The number of ether oxygens (including phenoxy) is 4. The van der Waals surface area contributed by atoms with Crippen LogP contribution in [0.3, 0.4) is 0 Å². The minimum atomic E-state index is -0.111. The van der Waals surface area contributed by atoms with Crippen LogP contribution in [0.5, 0.6) is 46.0 Å². The number of phenols is 2. The van der Waals surface area contributed by atoms with E-state index in [2.05, 4.69) is 54.2 Å². The number of benzene rings is 4. The molecule has 0 spiro atoms. The number of fused-ring (bicyclic) bond motifs is 5. The van der Waals surface area contributed by atoms with Gasteiger partial charge in [0.05, 0.1) is 14.2 Å². The van der Waals surface area contributed by atoms with Gasteiger partial charge in [0.2, 0.25) is 11.5 Å². The SMILES string of the molecule is COc1ccc2cc1-c1cc(ccc1O)C[C@H]1c3cc4c(cc3CCN1C)Oc1c(OC)c(O)c3c(c1O4)[C@H](C2)N(C)CC3. The maximum absolute atomic E-state index is 11.5. The van der Waals surface area contributed by atoms with Crippen LogP contribution in [0, 0.1) is 0 Å². The van der Waals surface area contributed by atoms with Crippen molar-refractivity contribution in [1.82, 2.24) is 9.80 Å². The molecule has 0 aromatic heterocycles. The summed E-state index contributed by atoms with van der Waals surface area (Å²) in [5, 5.41) is 22.7. The van der Waals surface area contributed by atoms with Crippen LogP contribution in [0.1, 0.15) is 45.5 Å². The molecule has 2 N–H and O–H groups in total. The summed E-state index contributed by atoms with van der Waals surface area (Å²) in [6, 6.07) is 16.3. The second-order valence-corrected chi connectivity index (χ2v) is 12.4. The van der Waals surface area contributed by atoms with Gasteiger partial charge in [0.1, 0.15) is 11.5 Å². The van der Waals surface area contributed by atoms with Crippen LogP contribution in [0.25, 0.3) is 11.1 Å². The van der Waals surface area contributed by atoms with E-state index >= 15 is 0 Å². The fourth-order valence-electron chi connectivity index (χ4n) is 7.59. The molecule has 0 saturated heterocycles. The van der Waals surface area contributed by atoms with Gasteiger partial charge < -0.3 is 29.2 Å². The van der Waals surface area contributed by atoms with Crippen LogP contribution in [-0.2, 0) is 25.7 Å². The second-order valence-electron chi connectivity index (χ2n) is 12.4. The molecular weight excluding hydrogens is 556 g/mol. The average Bonchev–Trinajstić information content (AvgIpc) is 3.02. The number of likely N-dealkylation sites (N-methyl/N-ethyl adjacent to an activating group) is 2. The summed E-state index contributed by atoms with van der Waals surface area (Å²) >= 11 is 0. The number of phenolic OH excluding ortho intramolecular Hbond substituents is 2. The van der Waals surface area contributed by atoms with Crippen molar-refractivity contribution >= 4 is 0 Å². The molecule has 44 heavy (non-hydrogen) atoms. The minimum Gasteiger partial charge on any atom is -0.507 e. The Morgan fingerprint density at radius 2 is 1.43 bits per heavy atom. The summed E-state index contributed by atoms with van der Waals surface area (Å²) in [5.74, 6) is 3.65. The number of nitrogens with zero attached hydrogens (tertiary/aromatic N) is 2. The fourth-order valence-corrected chi connectivity index (χ4v) is 7.59. The van der Waals surface area contributed by atoms with Gasteiger partial charge in [-0.05, 0) is 98.4 Å². The Kier molecular flexibility index (Phi) is 6.22. The highest BCUT2D eigenvalue weighted by atomic mass is 16.6. The Hall–Kier alpha value is -4.40. The van der Waals surface area contributed by atoms with Crippen LogP contribution in [0.4, 0.5) is 0 Å². The lowest BCUT2D eigenvalue weighted by molar-refractivity contribution is 0.214. The van der Waals surface area contributed by atoms with Crippen molar-refractivity contribution in [2.45, 2.75) is 37.8 Å². The number of rotatable bonds is 2. The molecule has 0 radical (unpaired) electrons. The lowest BCUT2D eigenvalue weighted by Crippen LogP contribution is -2.34. The first-order valence-electron chi connectivity index (χ1n) is 15.2. The molecule has 4 aromatic carbocycles. The van der Waals surface area contributed by atoms with E-state index in [1.54, 1.807) is 20.3 Å². The van der Waals surface area contributed by atoms with Gasteiger partial charge in [0.15, 0.2) is 23.0 Å². The summed E-state index contributed by atoms with van der Waals surface area (Å²) < 4.78 is 25.0. The van der Waals surface area contributed by atoms with Crippen LogP contribution in [-0.4, -0.2) is 61.4 Å². The zero-order valence-corrected chi connectivity index (χ0v) is 25.4. The smallest absolute Gasteiger partial charge is 0.216 e. The molecule has 8 heteroatoms. The van der Waals surface area contributed by atoms with Crippen molar-refractivity contribution < 1.29 is 29.2 Å². The molecule has 0 unspecified atom stereocenters. The molecule has 226 valence electrons. The monoisotopic (exact) mass is 592 g/mol. The van der Waals surface area contributed by atoms with Crippen molar-refractivity contribution in [3.63, 3.8) is 0 Å². The first-order valence-corrected chi connectivity index (χ1v) is 15.2. The normalized spacial score (nSPS) is 20.1. The van der Waals surface area contributed by atoms with Crippen molar-refractivity contribution in [1.29, 1.82) is 0 Å². The van der Waals surface area contributed by atoms with Crippen LogP contribution in [0.15, 0.2) is 48.5 Å². The summed E-state index contributed by atoms with van der Waals surface area (Å²) in [6.45, 7) is 1.66. The van der Waals surface area contributed by atoms with E-state index in [0.717, 1.165) is 59.3 Å². The predicted octanol–water partition coefficient (Wildman–Crippen LogP) is 6.54. The third-order valence-electron chi connectivity index (χ3n) is 9.99. The maximum atomic E-state index is 11.5. The number of aromatic hydroxyl groups is 2. The van der Waals surface area contributed by atoms with Crippen LogP contribution < -0.4 is 18.9 Å². The van der Waals surface area contributed by atoms with E-state index in [9.17, 15) is 10.2 Å². The topological polar surface area (TPSA) is 83.9 Å². The van der Waals surface area contributed by atoms with E-state index in [-0.39, 0.29) is 23.6 Å². The number of hydrogen-bond acceptors (Lipinski definition) is 8. The number of hydrogen-bond donors (Lipinski definition) is 2. The highest BCUT2D eigenvalue weighted by Gasteiger charge is 2.39. The molecule has 8 rings (SSSR count). The summed E-state index contributed by atoms with van der Waals surface area (Å²) in [7, 11) is 7.49. The first kappa shape index (κ1) is 27.2. The van der Waals surface area contributed by atoms with Gasteiger partial charge in [-0.25, -0.2) is 0 Å². The molecular formula is C36H36N2O6. The van der Waals surface area contributed by atoms with Crippen molar-refractivity contribution in [3.05, 3.63) is 81.9 Å². The third-order valence-corrected chi connectivity index (χ3v) is 9.99. The Morgan fingerprint density at radius 3 is 2.23 bits per heavy atom. The van der Waals surface area contributed by atoms with Crippen molar-refractivity contribution in [3.8, 4) is 57.1 Å². The van der Waals surface area contributed by atoms with Crippen molar-refractivity contribution in [2.24, 2.45) is 0 Å². The zero-order chi connectivity index (χ0) is 30.3. The highest BCUT2D eigenvalue weighted by Crippen LogP contribution is 2.60.